The Morgan fingerprint density at radius 2 is 1.88 bits per heavy atom. The second-order valence-corrected chi connectivity index (χ2v) is 7.50. The van der Waals surface area contributed by atoms with Crippen molar-refractivity contribution >= 4 is 27.7 Å². The van der Waals surface area contributed by atoms with Crippen molar-refractivity contribution in [2.24, 2.45) is 0 Å². The fourth-order valence-electron chi connectivity index (χ4n) is 3.73. The van der Waals surface area contributed by atoms with E-state index in [9.17, 15) is 14.0 Å². The second-order valence-electron chi connectivity index (χ2n) is 7.50. The molecule has 3 aromatic carbocycles. The number of hydrogen-bond acceptors (Lipinski definition) is 4. The number of aromatic nitrogens is 3. The number of carbonyl (C=O) groups is 1. The Hall–Kier alpha value is -4.46. The Kier molecular flexibility index (Phi) is 5.10. The van der Waals surface area contributed by atoms with Gasteiger partial charge in [0.15, 0.2) is 0 Å². The standard InChI is InChI=1S/C25H19FN4O3/c1-33-18-9-7-17(8-10-18)30-25(32)20-14-27-22-11-6-15(12-19(22)23(20)29-30)24(31)28-13-16-4-2-3-5-21(16)26/h2-12,14,29H,13H2,1H3,(H,28,31). The maximum atomic E-state index is 13.8. The Bertz CT molecular complexity index is 1550. The minimum Gasteiger partial charge on any atom is -0.497 e. The summed E-state index contributed by atoms with van der Waals surface area (Å²) in [6.45, 7) is 0.0661. The number of carbonyl (C=O) groups excluding carboxylic acids is 1. The van der Waals surface area contributed by atoms with Crippen molar-refractivity contribution in [3.05, 3.63) is 100 Å². The SMILES string of the molecule is COc1ccc(-n2[nH]c3c(cnc4ccc(C(=O)NCc5ccccc5F)cc43)c2=O)cc1. The van der Waals surface area contributed by atoms with E-state index in [-0.39, 0.29) is 23.8 Å². The number of ether oxygens (including phenoxy) is 1. The first-order valence-electron chi connectivity index (χ1n) is 10.2. The molecule has 7 nitrogen and oxygen atoms in total. The lowest BCUT2D eigenvalue weighted by atomic mass is 10.1. The van der Waals surface area contributed by atoms with Crippen LogP contribution in [-0.2, 0) is 6.54 Å². The van der Waals surface area contributed by atoms with Crippen molar-refractivity contribution in [3.8, 4) is 11.4 Å². The van der Waals surface area contributed by atoms with E-state index in [0.717, 1.165) is 0 Å². The van der Waals surface area contributed by atoms with E-state index in [0.29, 0.717) is 44.4 Å². The molecule has 1 amide bonds. The van der Waals surface area contributed by atoms with E-state index >= 15 is 0 Å². The summed E-state index contributed by atoms with van der Waals surface area (Å²) in [5.74, 6) is -0.0465. The maximum Gasteiger partial charge on any atom is 0.280 e. The summed E-state index contributed by atoms with van der Waals surface area (Å²) in [5.41, 5.74) is 2.38. The zero-order valence-corrected chi connectivity index (χ0v) is 17.6. The molecule has 2 aromatic heterocycles. The van der Waals surface area contributed by atoms with Crippen molar-refractivity contribution < 1.29 is 13.9 Å². The average molecular weight is 442 g/mol. The average Bonchev–Trinajstić information content (AvgIpc) is 3.20. The van der Waals surface area contributed by atoms with Gasteiger partial charge in [0.1, 0.15) is 11.6 Å². The number of fused-ring (bicyclic) bond motifs is 3. The predicted molar refractivity (Wildman–Crippen MR) is 123 cm³/mol. The van der Waals surface area contributed by atoms with Gasteiger partial charge in [-0.1, -0.05) is 18.2 Å². The minimum absolute atomic E-state index is 0.0661. The van der Waals surface area contributed by atoms with Gasteiger partial charge in [-0.2, -0.15) is 0 Å². The molecule has 33 heavy (non-hydrogen) atoms. The number of amides is 1. The molecule has 0 atom stereocenters. The molecule has 2 heterocycles. The molecule has 5 rings (SSSR count). The van der Waals surface area contributed by atoms with Gasteiger partial charge in [0.25, 0.3) is 11.5 Å². The number of rotatable bonds is 5. The molecular formula is C25H19FN4O3. The Morgan fingerprint density at radius 1 is 1.09 bits per heavy atom. The van der Waals surface area contributed by atoms with Crippen LogP contribution in [-0.4, -0.2) is 27.8 Å². The van der Waals surface area contributed by atoms with Crippen LogP contribution in [0.1, 0.15) is 15.9 Å². The lowest BCUT2D eigenvalue weighted by Crippen LogP contribution is -2.23. The van der Waals surface area contributed by atoms with Crippen LogP contribution in [0.25, 0.3) is 27.5 Å². The third-order valence-corrected chi connectivity index (χ3v) is 5.52. The minimum atomic E-state index is -0.375. The number of halogens is 1. The highest BCUT2D eigenvalue weighted by atomic mass is 19.1. The molecule has 2 N–H and O–H groups in total. The molecule has 0 saturated heterocycles. The van der Waals surface area contributed by atoms with Crippen LogP contribution in [0.2, 0.25) is 0 Å². The van der Waals surface area contributed by atoms with Crippen LogP contribution in [0.4, 0.5) is 4.39 Å². The maximum absolute atomic E-state index is 13.8. The van der Waals surface area contributed by atoms with Crippen LogP contribution in [0.15, 0.2) is 77.7 Å². The predicted octanol–water partition coefficient (Wildman–Crippen LogP) is 3.94. The lowest BCUT2D eigenvalue weighted by molar-refractivity contribution is 0.0950. The molecule has 0 bridgehead atoms. The molecule has 0 aliphatic heterocycles. The largest absolute Gasteiger partial charge is 0.497 e. The fraction of sp³-hybridized carbons (Fsp3) is 0.0800. The summed E-state index contributed by atoms with van der Waals surface area (Å²) >= 11 is 0. The van der Waals surface area contributed by atoms with Crippen LogP contribution in [0.3, 0.4) is 0 Å². The molecule has 0 saturated carbocycles. The van der Waals surface area contributed by atoms with Gasteiger partial charge >= 0.3 is 0 Å². The lowest BCUT2D eigenvalue weighted by Gasteiger charge is -2.07. The van der Waals surface area contributed by atoms with Crippen molar-refractivity contribution in [1.82, 2.24) is 20.1 Å². The topological polar surface area (TPSA) is 89.0 Å². The van der Waals surface area contributed by atoms with E-state index in [4.69, 9.17) is 4.74 Å². The molecule has 0 spiro atoms. The highest BCUT2D eigenvalue weighted by molar-refractivity contribution is 6.06. The Balaban J connectivity index is 1.52. The molecule has 0 aliphatic rings. The first-order valence-corrected chi connectivity index (χ1v) is 10.2. The van der Waals surface area contributed by atoms with Gasteiger partial charge in [-0.25, -0.2) is 9.07 Å². The number of methoxy groups -OCH3 is 1. The molecule has 164 valence electrons. The van der Waals surface area contributed by atoms with Gasteiger partial charge in [-0.3, -0.25) is 19.7 Å². The zero-order chi connectivity index (χ0) is 22.9. The molecule has 0 aliphatic carbocycles. The zero-order valence-electron chi connectivity index (χ0n) is 17.6. The number of benzene rings is 3. The number of H-pyrrole nitrogens is 1. The summed E-state index contributed by atoms with van der Waals surface area (Å²) in [6, 6.07) is 18.4. The van der Waals surface area contributed by atoms with Crippen LogP contribution >= 0.6 is 0 Å². The van der Waals surface area contributed by atoms with Gasteiger partial charge in [-0.15, -0.1) is 0 Å². The summed E-state index contributed by atoms with van der Waals surface area (Å²) < 4.78 is 20.4. The van der Waals surface area contributed by atoms with E-state index < -0.39 is 0 Å². The number of pyridine rings is 1. The third kappa shape index (κ3) is 3.71. The molecular weight excluding hydrogens is 423 g/mol. The number of nitrogens with zero attached hydrogens (tertiary/aromatic N) is 2. The summed E-state index contributed by atoms with van der Waals surface area (Å²) in [4.78, 5) is 30.1. The van der Waals surface area contributed by atoms with Crippen LogP contribution in [0, 0.1) is 5.82 Å². The molecule has 8 heteroatoms. The quantitative estimate of drug-likeness (QED) is 0.432. The highest BCUT2D eigenvalue weighted by Crippen LogP contribution is 2.23. The second kappa shape index (κ2) is 8.23. The smallest absolute Gasteiger partial charge is 0.280 e. The van der Waals surface area contributed by atoms with Crippen molar-refractivity contribution in [3.63, 3.8) is 0 Å². The first-order chi connectivity index (χ1) is 16.0. The number of nitrogens with one attached hydrogen (secondary N) is 2. The third-order valence-electron chi connectivity index (χ3n) is 5.52. The highest BCUT2D eigenvalue weighted by Gasteiger charge is 2.14. The molecule has 0 fully saturated rings. The van der Waals surface area contributed by atoms with Crippen LogP contribution in [0.5, 0.6) is 5.75 Å². The van der Waals surface area contributed by atoms with Gasteiger partial charge in [0.2, 0.25) is 0 Å². The molecule has 0 unspecified atom stereocenters. The summed E-state index contributed by atoms with van der Waals surface area (Å²) in [5, 5.41) is 6.91. The van der Waals surface area contributed by atoms with Gasteiger partial charge in [-0.05, 0) is 48.5 Å². The number of hydrogen-bond donors (Lipinski definition) is 2. The number of aromatic amines is 1. The normalized spacial score (nSPS) is 11.1. The Morgan fingerprint density at radius 3 is 2.64 bits per heavy atom. The van der Waals surface area contributed by atoms with Gasteiger partial charge in [0, 0.05) is 29.3 Å². The first kappa shape index (κ1) is 20.4. The van der Waals surface area contributed by atoms with E-state index in [2.05, 4.69) is 15.4 Å². The van der Waals surface area contributed by atoms with E-state index in [1.165, 1.54) is 16.9 Å². The van der Waals surface area contributed by atoms with E-state index in [1.807, 2.05) is 0 Å². The van der Waals surface area contributed by atoms with E-state index in [1.54, 1.807) is 67.8 Å². The van der Waals surface area contributed by atoms with Crippen molar-refractivity contribution in [2.75, 3.05) is 7.11 Å². The molecule has 0 radical (unpaired) electrons. The van der Waals surface area contributed by atoms with Crippen molar-refractivity contribution in [1.29, 1.82) is 0 Å². The van der Waals surface area contributed by atoms with Gasteiger partial charge in [0.05, 0.1) is 29.2 Å². The van der Waals surface area contributed by atoms with Crippen LogP contribution < -0.4 is 15.6 Å². The Labute approximate surface area is 187 Å². The van der Waals surface area contributed by atoms with Gasteiger partial charge < -0.3 is 10.1 Å². The summed E-state index contributed by atoms with van der Waals surface area (Å²) in [7, 11) is 1.58. The van der Waals surface area contributed by atoms with Crippen molar-refractivity contribution in [2.45, 2.75) is 6.54 Å². The fourth-order valence-corrected chi connectivity index (χ4v) is 3.73. The monoisotopic (exact) mass is 442 g/mol. The molecule has 5 aromatic rings. The summed E-state index contributed by atoms with van der Waals surface area (Å²) in [6.07, 6.45) is 1.52.